The minimum absolute atomic E-state index is 0.0384. The summed E-state index contributed by atoms with van der Waals surface area (Å²) in [4.78, 5) is 11.9. The van der Waals surface area contributed by atoms with Crippen LogP contribution < -0.4 is 15.4 Å². The molecular formula is C17H18BrFN2O2. The molecule has 0 spiro atoms. The first-order valence-electron chi connectivity index (χ1n) is 7.12. The zero-order valence-electron chi connectivity index (χ0n) is 12.9. The third kappa shape index (κ3) is 4.77. The van der Waals surface area contributed by atoms with Crippen LogP contribution in [-0.2, 0) is 4.79 Å². The molecule has 0 bridgehead atoms. The Morgan fingerprint density at radius 2 is 2.04 bits per heavy atom. The van der Waals surface area contributed by atoms with Gasteiger partial charge in [0.25, 0.3) is 0 Å². The highest BCUT2D eigenvalue weighted by Crippen LogP contribution is 2.27. The van der Waals surface area contributed by atoms with Gasteiger partial charge in [-0.15, -0.1) is 0 Å². The van der Waals surface area contributed by atoms with E-state index >= 15 is 0 Å². The summed E-state index contributed by atoms with van der Waals surface area (Å²) in [5.41, 5.74) is 1.19. The lowest BCUT2D eigenvalue weighted by molar-refractivity contribution is -0.115. The molecule has 0 heterocycles. The molecule has 6 heteroatoms. The monoisotopic (exact) mass is 380 g/mol. The third-order valence-electron chi connectivity index (χ3n) is 3.39. The fourth-order valence-electron chi connectivity index (χ4n) is 2.07. The molecule has 23 heavy (non-hydrogen) atoms. The molecule has 0 saturated heterocycles. The van der Waals surface area contributed by atoms with E-state index in [1.807, 2.05) is 25.1 Å². The zero-order chi connectivity index (χ0) is 16.8. The molecule has 0 fully saturated rings. The first-order valence-corrected chi connectivity index (χ1v) is 7.91. The van der Waals surface area contributed by atoms with Crippen LogP contribution in [0, 0.1) is 5.82 Å². The Balaban J connectivity index is 1.91. The van der Waals surface area contributed by atoms with Crippen molar-refractivity contribution in [3.8, 4) is 5.75 Å². The van der Waals surface area contributed by atoms with Crippen molar-refractivity contribution in [3.05, 3.63) is 58.3 Å². The molecule has 122 valence electrons. The topological polar surface area (TPSA) is 50.4 Å². The number of halogens is 2. The van der Waals surface area contributed by atoms with Gasteiger partial charge in [0.2, 0.25) is 5.91 Å². The van der Waals surface area contributed by atoms with Gasteiger partial charge in [0.15, 0.2) is 0 Å². The van der Waals surface area contributed by atoms with Crippen LogP contribution >= 0.6 is 15.9 Å². The molecule has 1 atom stereocenters. The molecule has 0 aliphatic rings. The largest absolute Gasteiger partial charge is 0.496 e. The summed E-state index contributed by atoms with van der Waals surface area (Å²) >= 11 is 3.43. The Kier molecular flexibility index (Phi) is 6.12. The predicted octanol–water partition coefficient (Wildman–Crippen LogP) is 3.89. The number of carbonyl (C=O) groups excluding carboxylic acids is 1. The van der Waals surface area contributed by atoms with Gasteiger partial charge in [0.1, 0.15) is 11.6 Å². The van der Waals surface area contributed by atoms with Crippen LogP contribution in [0.1, 0.15) is 18.5 Å². The van der Waals surface area contributed by atoms with Crippen LogP contribution in [-0.4, -0.2) is 19.6 Å². The van der Waals surface area contributed by atoms with Gasteiger partial charge < -0.3 is 15.4 Å². The minimum Gasteiger partial charge on any atom is -0.496 e. The highest BCUT2D eigenvalue weighted by molar-refractivity contribution is 9.10. The first-order chi connectivity index (χ1) is 11.0. The van der Waals surface area contributed by atoms with E-state index in [9.17, 15) is 9.18 Å². The molecule has 0 saturated carbocycles. The number of benzene rings is 2. The van der Waals surface area contributed by atoms with Crippen molar-refractivity contribution in [2.24, 2.45) is 0 Å². The predicted molar refractivity (Wildman–Crippen MR) is 92.1 cm³/mol. The molecule has 2 rings (SSSR count). The lowest BCUT2D eigenvalue weighted by atomic mass is 10.1. The summed E-state index contributed by atoms with van der Waals surface area (Å²) in [7, 11) is 1.61. The van der Waals surface area contributed by atoms with Crippen molar-refractivity contribution in [3.63, 3.8) is 0 Å². The van der Waals surface area contributed by atoms with Crippen LogP contribution in [0.15, 0.2) is 46.9 Å². The number of para-hydroxylation sites is 1. The molecule has 4 nitrogen and oxygen atoms in total. The number of hydrogen-bond donors (Lipinski definition) is 2. The quantitative estimate of drug-likeness (QED) is 0.799. The second-order valence-corrected chi connectivity index (χ2v) is 5.88. The van der Waals surface area contributed by atoms with Crippen molar-refractivity contribution in [1.29, 1.82) is 0 Å². The molecule has 0 aromatic heterocycles. The summed E-state index contributed by atoms with van der Waals surface area (Å²) in [5, 5.41) is 5.65. The maximum absolute atomic E-state index is 13.5. The average molecular weight is 381 g/mol. The number of nitrogens with one attached hydrogen (secondary N) is 2. The molecule has 0 unspecified atom stereocenters. The number of amides is 1. The zero-order valence-corrected chi connectivity index (χ0v) is 14.5. The van der Waals surface area contributed by atoms with Gasteiger partial charge in [-0.25, -0.2) is 4.39 Å². The molecule has 2 N–H and O–H groups in total. The number of hydrogen-bond acceptors (Lipinski definition) is 3. The van der Waals surface area contributed by atoms with E-state index in [1.54, 1.807) is 19.2 Å². The number of ether oxygens (including phenoxy) is 1. The smallest absolute Gasteiger partial charge is 0.238 e. The number of rotatable bonds is 6. The second-order valence-electron chi connectivity index (χ2n) is 5.02. The van der Waals surface area contributed by atoms with Crippen molar-refractivity contribution in [2.45, 2.75) is 13.0 Å². The Bertz CT molecular complexity index is 694. The van der Waals surface area contributed by atoms with Crippen LogP contribution in [0.25, 0.3) is 0 Å². The summed E-state index contributed by atoms with van der Waals surface area (Å²) < 4.78 is 19.5. The molecule has 0 aliphatic carbocycles. The van der Waals surface area contributed by atoms with Gasteiger partial charge in [-0.05, 0) is 52.7 Å². The normalized spacial score (nSPS) is 11.8. The van der Waals surface area contributed by atoms with Gasteiger partial charge in [-0.1, -0.05) is 18.2 Å². The summed E-state index contributed by atoms with van der Waals surface area (Å²) in [6.45, 7) is 2.03. The number of anilines is 1. The van der Waals surface area contributed by atoms with Crippen LogP contribution in [0.2, 0.25) is 0 Å². The molecule has 0 aliphatic heterocycles. The van der Waals surface area contributed by atoms with Gasteiger partial charge in [0, 0.05) is 6.04 Å². The van der Waals surface area contributed by atoms with Crippen LogP contribution in [0.5, 0.6) is 5.75 Å². The molecule has 2 aromatic carbocycles. The third-order valence-corrected chi connectivity index (χ3v) is 4.01. The van der Waals surface area contributed by atoms with Gasteiger partial charge in [-0.3, -0.25) is 4.79 Å². The van der Waals surface area contributed by atoms with Crippen molar-refractivity contribution >= 4 is 27.5 Å². The summed E-state index contributed by atoms with van der Waals surface area (Å²) in [5.74, 6) is 0.000701. The SMILES string of the molecule is COc1ccc([C@H](C)NCC(=O)Nc2ccccc2F)cc1Br. The highest BCUT2D eigenvalue weighted by atomic mass is 79.9. The Hall–Kier alpha value is -1.92. The molecule has 2 aromatic rings. The summed E-state index contributed by atoms with van der Waals surface area (Å²) in [6, 6.07) is 11.8. The van der Waals surface area contributed by atoms with Gasteiger partial charge >= 0.3 is 0 Å². The van der Waals surface area contributed by atoms with Gasteiger partial charge in [0.05, 0.1) is 23.8 Å². The first kappa shape index (κ1) is 17.4. The maximum atomic E-state index is 13.5. The van der Waals surface area contributed by atoms with E-state index < -0.39 is 5.82 Å². The number of carbonyl (C=O) groups is 1. The van der Waals surface area contributed by atoms with Crippen LogP contribution in [0.3, 0.4) is 0 Å². The van der Waals surface area contributed by atoms with Crippen molar-refractivity contribution in [2.75, 3.05) is 19.0 Å². The molecular weight excluding hydrogens is 363 g/mol. The maximum Gasteiger partial charge on any atom is 0.238 e. The van der Waals surface area contributed by atoms with E-state index in [-0.39, 0.29) is 24.2 Å². The number of methoxy groups -OCH3 is 1. The fourth-order valence-corrected chi connectivity index (χ4v) is 2.63. The lowest BCUT2D eigenvalue weighted by Gasteiger charge is -2.15. The lowest BCUT2D eigenvalue weighted by Crippen LogP contribution is -2.30. The standard InChI is InChI=1S/C17H18BrFN2O2/c1-11(12-7-8-16(23-2)13(18)9-12)20-10-17(22)21-15-6-4-3-5-14(15)19/h3-9,11,20H,10H2,1-2H3,(H,21,22)/t11-/m0/s1. The van der Waals surface area contributed by atoms with E-state index in [1.165, 1.54) is 12.1 Å². The Labute approximate surface area is 143 Å². The van der Waals surface area contributed by atoms with Crippen molar-refractivity contribution in [1.82, 2.24) is 5.32 Å². The van der Waals surface area contributed by atoms with E-state index in [2.05, 4.69) is 26.6 Å². The average Bonchev–Trinajstić information content (AvgIpc) is 2.54. The fraction of sp³-hybridized carbons (Fsp3) is 0.235. The van der Waals surface area contributed by atoms with Crippen LogP contribution in [0.4, 0.5) is 10.1 Å². The second kappa shape index (κ2) is 8.08. The Morgan fingerprint density at radius 1 is 1.30 bits per heavy atom. The Morgan fingerprint density at radius 3 is 2.70 bits per heavy atom. The van der Waals surface area contributed by atoms with E-state index in [4.69, 9.17) is 4.74 Å². The molecule has 0 radical (unpaired) electrons. The summed E-state index contributed by atoms with van der Waals surface area (Å²) in [6.07, 6.45) is 0. The van der Waals surface area contributed by atoms with Gasteiger partial charge in [-0.2, -0.15) is 0 Å². The highest BCUT2D eigenvalue weighted by Gasteiger charge is 2.11. The molecule has 1 amide bonds. The van der Waals surface area contributed by atoms with Crippen molar-refractivity contribution < 1.29 is 13.9 Å². The van der Waals surface area contributed by atoms with E-state index in [0.29, 0.717) is 0 Å². The van der Waals surface area contributed by atoms with E-state index in [0.717, 1.165) is 15.8 Å². The minimum atomic E-state index is -0.451.